The highest BCUT2D eigenvalue weighted by molar-refractivity contribution is 7.16. The number of amides is 3. The van der Waals surface area contributed by atoms with Crippen molar-refractivity contribution in [2.24, 2.45) is 28.6 Å². The van der Waals surface area contributed by atoms with E-state index in [4.69, 9.17) is 52.1 Å². The zero-order valence-corrected chi connectivity index (χ0v) is 55.7. The van der Waals surface area contributed by atoms with Gasteiger partial charge in [0.1, 0.15) is 46.5 Å². The number of carbonyl (C=O) groups is 9. The summed E-state index contributed by atoms with van der Waals surface area (Å²) in [5, 5.41) is 47.2. The number of nitrogens with one attached hydrogen (secondary N) is 3. The molecule has 8 rings (SSSR count). The highest BCUT2D eigenvalue weighted by Gasteiger charge is 2.79. The van der Waals surface area contributed by atoms with Crippen LogP contribution >= 0.6 is 11.3 Å². The quantitative estimate of drug-likeness (QED) is 0.0319. The van der Waals surface area contributed by atoms with Crippen LogP contribution in [0, 0.1) is 28.6 Å². The summed E-state index contributed by atoms with van der Waals surface area (Å²) in [6.45, 7) is 15.0. The zero-order chi connectivity index (χ0) is 68.5. The number of unbranched alkanes of at least 4 members (excludes halogenated alkanes) is 1. The number of ketones is 2. The summed E-state index contributed by atoms with van der Waals surface area (Å²) >= 11 is 0.584. The van der Waals surface area contributed by atoms with Gasteiger partial charge in [0.15, 0.2) is 33.5 Å². The Morgan fingerprint density at radius 3 is 2.06 bits per heavy atom. The van der Waals surface area contributed by atoms with Gasteiger partial charge in [0.25, 0.3) is 5.91 Å². The van der Waals surface area contributed by atoms with E-state index in [0.717, 1.165) is 6.92 Å². The van der Waals surface area contributed by atoms with Crippen molar-refractivity contribution in [2.45, 2.75) is 173 Å². The predicted molar refractivity (Wildman–Crippen MR) is 334 cm³/mol. The van der Waals surface area contributed by atoms with Gasteiger partial charge in [-0.25, -0.2) is 19.2 Å². The number of aliphatic hydroxyl groups excluding tert-OH is 2. The number of rotatable bonds is 27. The average molecular weight is 1340 g/mol. The van der Waals surface area contributed by atoms with Crippen molar-refractivity contribution >= 4 is 64.7 Å². The van der Waals surface area contributed by atoms with Crippen LogP contribution in [0.3, 0.4) is 0 Å². The van der Waals surface area contributed by atoms with Crippen LogP contribution in [-0.2, 0) is 66.6 Å². The van der Waals surface area contributed by atoms with Crippen molar-refractivity contribution in [1.82, 2.24) is 16.0 Å². The maximum Gasteiger partial charge on any atom is 0.408 e. The van der Waals surface area contributed by atoms with Gasteiger partial charge in [0, 0.05) is 57.6 Å². The maximum atomic E-state index is 15.8. The molecule has 94 heavy (non-hydrogen) atoms. The summed E-state index contributed by atoms with van der Waals surface area (Å²) in [7, 11) is 1.57. The Kier molecular flexibility index (Phi) is 23.8. The van der Waals surface area contributed by atoms with Crippen LogP contribution in [0.4, 0.5) is 4.79 Å². The Bertz CT molecular complexity index is 3210. The van der Waals surface area contributed by atoms with Crippen LogP contribution in [0.25, 0.3) is 0 Å². The highest BCUT2D eigenvalue weighted by atomic mass is 32.1. The Morgan fingerprint density at radius 1 is 0.809 bits per heavy atom. The van der Waals surface area contributed by atoms with Crippen molar-refractivity contribution in [1.29, 1.82) is 0 Å². The lowest BCUT2D eigenvalue weighted by molar-refractivity contribution is -0.355. The molecule has 0 radical (unpaired) electrons. The minimum atomic E-state index is -2.49. The van der Waals surface area contributed by atoms with Crippen molar-refractivity contribution in [2.75, 3.05) is 66.5 Å². The second-order valence-electron chi connectivity index (χ2n) is 26.4. The lowest BCUT2D eigenvalue weighted by Gasteiger charge is -2.68. The fourth-order valence-electron chi connectivity index (χ4n) is 13.8. The van der Waals surface area contributed by atoms with Gasteiger partial charge in [-0.15, -0.1) is 11.3 Å². The summed E-state index contributed by atoms with van der Waals surface area (Å²) in [5.41, 5.74) is -9.03. The lowest BCUT2D eigenvalue weighted by atomic mass is 9.42. The number of hydrogen-bond acceptors (Lipinski definition) is 24. The van der Waals surface area contributed by atoms with Gasteiger partial charge in [0.05, 0.1) is 81.9 Å². The van der Waals surface area contributed by atoms with Gasteiger partial charge < -0.3 is 83.4 Å². The molecule has 1 saturated heterocycles. The summed E-state index contributed by atoms with van der Waals surface area (Å²) < 4.78 is 64.9. The fourth-order valence-corrected chi connectivity index (χ4v) is 14.7. The highest BCUT2D eigenvalue weighted by Crippen LogP contribution is 2.65. The van der Waals surface area contributed by atoms with Gasteiger partial charge in [-0.05, 0) is 77.5 Å². The molecule has 1 aromatic heterocycles. The molecule has 5 aliphatic rings. The summed E-state index contributed by atoms with van der Waals surface area (Å²) in [4.78, 5) is 128. The van der Waals surface area contributed by atoms with Crippen molar-refractivity contribution in [3.05, 3.63) is 81.5 Å². The molecule has 6 N–H and O–H groups in total. The second kappa shape index (κ2) is 30.7. The fraction of sp³-hybridized carbons (Fsp3) is 0.627. The molecule has 2 bridgehead atoms. The normalized spacial score (nSPS) is 27.6. The molecule has 0 spiro atoms. The summed E-state index contributed by atoms with van der Waals surface area (Å²) in [6.07, 6.45) is -10.9. The Balaban J connectivity index is 1.12. The number of hydrogen-bond donors (Lipinski definition) is 6. The van der Waals surface area contributed by atoms with Gasteiger partial charge in [-0.1, -0.05) is 69.3 Å². The second-order valence-corrected chi connectivity index (χ2v) is 27.4. The Hall–Kier alpha value is -7.11. The van der Waals surface area contributed by atoms with E-state index >= 15 is 14.4 Å². The minimum Gasteiger partial charge on any atom is -0.488 e. The first kappa shape index (κ1) is 72.7. The van der Waals surface area contributed by atoms with E-state index in [1.165, 1.54) is 38.1 Å². The molecule has 3 aromatic rings. The molecule has 3 unspecified atom stereocenters. The maximum absolute atomic E-state index is 15.8. The lowest BCUT2D eigenvalue weighted by Crippen LogP contribution is -2.83. The molecule has 26 nitrogen and oxygen atoms in total. The van der Waals surface area contributed by atoms with E-state index in [2.05, 4.69) is 16.0 Å². The van der Waals surface area contributed by atoms with Crippen molar-refractivity contribution in [3.63, 3.8) is 0 Å². The number of esters is 4. The van der Waals surface area contributed by atoms with Crippen LogP contribution in [0.1, 0.15) is 149 Å². The molecule has 2 aliphatic heterocycles. The number of benzene rings is 2. The zero-order valence-electron chi connectivity index (χ0n) is 54.9. The van der Waals surface area contributed by atoms with Crippen molar-refractivity contribution < 1.29 is 111 Å². The van der Waals surface area contributed by atoms with Gasteiger partial charge in [0.2, 0.25) is 12.0 Å². The molecule has 3 aliphatic carbocycles. The van der Waals surface area contributed by atoms with Gasteiger partial charge >= 0.3 is 30.0 Å². The molecular formula is C67H89N3O23S. The van der Waals surface area contributed by atoms with Gasteiger partial charge in [-0.3, -0.25) is 24.0 Å². The van der Waals surface area contributed by atoms with E-state index in [1.54, 1.807) is 85.1 Å². The minimum absolute atomic E-state index is 0.00205. The SMILES string of the molecule is COCCOCCOCCC(=O)NCCCCC(NC(=O)c1sc(C(=O)O[C@H](C(=O)OC2C[C@]3(O)[C@H](OC(=O)c4ccccc4)[C@H]4[C@@]5(OC(C)=O)CO[C@H]5C[C@@H](O)[C@]4(C)C(=O)[C@@H](O)[C@@H](C2C)C3(C)C)[C@H](NC(=O)OC(C)(C)C)c2ccccc2)c2c1OCCCO2)C(C)=O. The molecule has 3 heterocycles. The molecule has 516 valence electrons. The smallest absolute Gasteiger partial charge is 0.408 e. The number of alkyl carbamates (subject to hydrolysis) is 1. The molecule has 3 amide bonds. The largest absolute Gasteiger partial charge is 0.488 e. The van der Waals surface area contributed by atoms with Gasteiger partial charge in [-0.2, -0.15) is 0 Å². The number of thiophene rings is 1. The number of Topliss-reactive ketones (excluding diaryl/α,β-unsaturated/α-hetero) is 2. The number of methoxy groups -OCH3 is 1. The molecule has 2 aromatic carbocycles. The first-order valence-corrected chi connectivity index (χ1v) is 32.6. The summed E-state index contributed by atoms with van der Waals surface area (Å²) in [6, 6.07) is 13.0. The molecule has 3 saturated carbocycles. The van der Waals surface area contributed by atoms with E-state index in [-0.39, 0.29) is 89.8 Å². The third kappa shape index (κ3) is 15.7. The third-order valence-electron chi connectivity index (χ3n) is 18.6. The van der Waals surface area contributed by atoms with E-state index < -0.39 is 142 Å². The Labute approximate surface area is 550 Å². The van der Waals surface area contributed by atoms with Crippen LogP contribution < -0.4 is 25.4 Å². The number of aliphatic hydroxyl groups is 3. The number of ether oxygens (including phenoxy) is 11. The van der Waals surface area contributed by atoms with Crippen LogP contribution in [0.5, 0.6) is 11.5 Å². The third-order valence-corrected chi connectivity index (χ3v) is 19.8. The average Bonchev–Trinajstić information content (AvgIpc) is 0.717. The van der Waals surface area contributed by atoms with Crippen LogP contribution in [0.2, 0.25) is 0 Å². The first-order chi connectivity index (χ1) is 44.5. The van der Waals surface area contributed by atoms with E-state index in [0.29, 0.717) is 63.6 Å². The standard InChI is InChI=1S/C67H89N3O23S/c1-37-43(35-67(82)57(91-59(78)41-22-15-12-16-23-41)55-65(9,56(76)49(75)47(37)64(67,7)8)44(73)34-45-66(55,36-88-45)92-39(3)72)89-60(79)50(48(40-20-13-11-14-21-40)70-62(81)93-63(4,5)6)90-61(80)54-52-51(86-27-19-28-87-52)53(94-54)58(77)69-42(38(2)71)24-17-18-26-68-46(74)25-29-84-32-33-85-31-30-83-10/h11-16,20-23,37,42-45,47-50,55,57,73,75,82H,17-19,24-36H2,1-10H3,(H,68,74)(H,69,77)(H,70,81)/t37?,42?,43?,44-,45+,47-,48-,49+,50+,55-,57-,65+,66-,67+/m1/s1. The molecular weight excluding hydrogens is 1250 g/mol. The monoisotopic (exact) mass is 1340 g/mol. The Morgan fingerprint density at radius 2 is 1.45 bits per heavy atom. The molecule has 27 heteroatoms. The topological polar surface area (TPSA) is 352 Å². The summed E-state index contributed by atoms with van der Waals surface area (Å²) in [5.74, 6) is -11.3. The van der Waals surface area contributed by atoms with E-state index in [1.807, 2.05) is 0 Å². The predicted octanol–water partition coefficient (Wildman–Crippen LogP) is 5.33. The van der Waals surface area contributed by atoms with Crippen LogP contribution in [0.15, 0.2) is 60.7 Å². The molecule has 14 atom stereocenters. The number of carbonyl (C=O) groups excluding carboxylic acids is 9. The van der Waals surface area contributed by atoms with E-state index in [9.17, 15) is 44.1 Å². The first-order valence-electron chi connectivity index (χ1n) is 31.8. The number of fused-ring (bicyclic) bond motifs is 6. The van der Waals surface area contributed by atoms with Crippen molar-refractivity contribution in [3.8, 4) is 11.5 Å². The molecule has 4 fully saturated rings. The van der Waals surface area contributed by atoms with Crippen LogP contribution in [-0.4, -0.2) is 195 Å².